The second kappa shape index (κ2) is 17.1. The number of nitrogens with zero attached hydrogens (tertiary/aromatic N) is 1. The van der Waals surface area contributed by atoms with Crippen molar-refractivity contribution in [3.63, 3.8) is 0 Å². The fourth-order valence-corrected chi connectivity index (χ4v) is 6.78. The van der Waals surface area contributed by atoms with Crippen molar-refractivity contribution in [2.45, 2.75) is 109 Å². The van der Waals surface area contributed by atoms with Gasteiger partial charge in [-0.05, 0) is 64.0 Å². The van der Waals surface area contributed by atoms with Gasteiger partial charge in [-0.3, -0.25) is 24.0 Å². The summed E-state index contributed by atoms with van der Waals surface area (Å²) in [6, 6.07) is 17.0. The minimum absolute atomic E-state index is 0.133. The highest BCUT2D eigenvalue weighted by molar-refractivity contribution is 5.94. The summed E-state index contributed by atoms with van der Waals surface area (Å²) in [5.74, 6) is -0.495. The average Bonchev–Trinajstić information content (AvgIpc) is 3.46. The molecular formula is C39H50N4O6. The van der Waals surface area contributed by atoms with Crippen molar-refractivity contribution in [2.75, 3.05) is 6.54 Å². The van der Waals surface area contributed by atoms with E-state index >= 15 is 0 Å². The van der Waals surface area contributed by atoms with Crippen LogP contribution in [0.5, 0.6) is 0 Å². The van der Waals surface area contributed by atoms with E-state index in [0.29, 0.717) is 32.1 Å². The molecule has 262 valence electrons. The van der Waals surface area contributed by atoms with Gasteiger partial charge in [0.2, 0.25) is 23.6 Å². The van der Waals surface area contributed by atoms with Gasteiger partial charge in [-0.1, -0.05) is 67.6 Å². The molecule has 4 rings (SSSR count). The van der Waals surface area contributed by atoms with Gasteiger partial charge in [0.05, 0.1) is 12.5 Å². The summed E-state index contributed by atoms with van der Waals surface area (Å²) in [6.45, 7) is 7.25. The van der Waals surface area contributed by atoms with E-state index < -0.39 is 47.4 Å². The van der Waals surface area contributed by atoms with E-state index in [2.05, 4.69) is 21.9 Å². The molecule has 3 N–H and O–H groups in total. The Morgan fingerprint density at radius 1 is 0.959 bits per heavy atom. The maximum atomic E-state index is 14.6. The zero-order valence-corrected chi connectivity index (χ0v) is 29.1. The third-order valence-electron chi connectivity index (χ3n) is 9.27. The number of nitrogens with one attached hydrogen (secondary N) is 3. The molecule has 2 aromatic rings. The molecular weight excluding hydrogens is 620 g/mol. The highest BCUT2D eigenvalue weighted by Crippen LogP contribution is 2.35. The molecule has 2 aliphatic rings. The summed E-state index contributed by atoms with van der Waals surface area (Å²) in [4.78, 5) is 69.2. The molecule has 2 aliphatic heterocycles. The molecule has 0 aliphatic carbocycles. The number of carbonyl (C=O) groups is 5. The van der Waals surface area contributed by atoms with E-state index in [1.54, 1.807) is 32.6 Å². The second-order valence-electron chi connectivity index (χ2n) is 14.0. The highest BCUT2D eigenvalue weighted by atomic mass is 16.6. The van der Waals surface area contributed by atoms with Crippen LogP contribution in [0.3, 0.4) is 0 Å². The van der Waals surface area contributed by atoms with Crippen LogP contribution in [0.15, 0.2) is 60.7 Å². The number of amides is 4. The molecule has 2 fully saturated rings. The van der Waals surface area contributed by atoms with Crippen molar-refractivity contribution in [1.29, 1.82) is 0 Å². The average molecular weight is 671 g/mol. The van der Waals surface area contributed by atoms with Crippen LogP contribution in [0.25, 0.3) is 0 Å². The number of ether oxygens (including phenoxy) is 1. The van der Waals surface area contributed by atoms with Crippen molar-refractivity contribution in [2.24, 2.45) is 11.8 Å². The fraction of sp³-hybridized carbons (Fsp3) is 0.513. The highest BCUT2D eigenvalue weighted by Gasteiger charge is 2.48. The number of benzene rings is 2. The minimum atomic E-state index is -1.01. The molecule has 0 saturated carbocycles. The van der Waals surface area contributed by atoms with Crippen LogP contribution in [0.2, 0.25) is 0 Å². The minimum Gasteiger partial charge on any atom is -0.460 e. The van der Waals surface area contributed by atoms with Crippen molar-refractivity contribution < 1.29 is 28.7 Å². The summed E-state index contributed by atoms with van der Waals surface area (Å²) in [6.07, 6.45) is 8.29. The summed E-state index contributed by atoms with van der Waals surface area (Å²) < 4.78 is 5.46. The Hall–Kier alpha value is -4.65. The molecule has 0 unspecified atom stereocenters. The number of esters is 1. The van der Waals surface area contributed by atoms with Gasteiger partial charge in [-0.2, -0.15) is 0 Å². The van der Waals surface area contributed by atoms with Gasteiger partial charge < -0.3 is 25.6 Å². The van der Waals surface area contributed by atoms with Gasteiger partial charge in [0.25, 0.3) is 0 Å². The molecule has 10 heteroatoms. The van der Waals surface area contributed by atoms with Crippen LogP contribution in [0, 0.1) is 24.2 Å². The number of hydrogen-bond acceptors (Lipinski definition) is 6. The predicted molar refractivity (Wildman–Crippen MR) is 187 cm³/mol. The van der Waals surface area contributed by atoms with Gasteiger partial charge in [0, 0.05) is 37.3 Å². The van der Waals surface area contributed by atoms with Crippen LogP contribution in [0.1, 0.15) is 96.2 Å². The molecule has 0 bridgehead atoms. The Kier molecular flexibility index (Phi) is 13.0. The van der Waals surface area contributed by atoms with Crippen molar-refractivity contribution >= 4 is 29.6 Å². The molecule has 0 radical (unpaired) electrons. The summed E-state index contributed by atoms with van der Waals surface area (Å²) in [5, 5.41) is 9.06. The molecule has 4 amide bonds. The Morgan fingerprint density at radius 2 is 1.57 bits per heavy atom. The monoisotopic (exact) mass is 670 g/mol. The van der Waals surface area contributed by atoms with Gasteiger partial charge in [0.1, 0.15) is 17.7 Å². The van der Waals surface area contributed by atoms with Crippen molar-refractivity contribution in [3.05, 3.63) is 71.8 Å². The number of carbonyl (C=O) groups excluding carboxylic acids is 5. The maximum absolute atomic E-state index is 14.6. The first-order valence-electron chi connectivity index (χ1n) is 17.4. The van der Waals surface area contributed by atoms with Crippen molar-refractivity contribution in [3.8, 4) is 12.3 Å². The van der Waals surface area contributed by atoms with E-state index in [9.17, 15) is 24.0 Å². The lowest BCUT2D eigenvalue weighted by Crippen LogP contribution is -2.58. The zero-order chi connectivity index (χ0) is 35.6. The van der Waals surface area contributed by atoms with E-state index in [1.165, 1.54) is 0 Å². The molecule has 2 saturated heterocycles. The van der Waals surface area contributed by atoms with E-state index in [-0.39, 0.29) is 49.6 Å². The number of rotatable bonds is 13. The smallest absolute Gasteiger partial charge is 0.307 e. The Bertz CT molecular complexity index is 1460. The lowest BCUT2D eigenvalue weighted by molar-refractivity contribution is -0.157. The van der Waals surface area contributed by atoms with Crippen molar-refractivity contribution in [1.82, 2.24) is 20.9 Å². The molecule has 10 nitrogen and oxygen atoms in total. The lowest BCUT2D eigenvalue weighted by Gasteiger charge is -2.33. The SMILES string of the molecule is C#CCCC(=O)NC[C@H]1CC[C@H]2CC[C@@H](C(=O)NC(c3ccccc3)c3ccccc3)N2C(=O)[C@H]1NC(=O)[C@H](CC)CC(=O)OC(C)(C)C. The van der Waals surface area contributed by atoms with Crippen LogP contribution >= 0.6 is 0 Å². The van der Waals surface area contributed by atoms with Crippen LogP contribution in [0.4, 0.5) is 0 Å². The maximum Gasteiger partial charge on any atom is 0.307 e. The standard InChI is InChI=1S/C39H50N4O6/c1-6-8-19-32(44)40-25-29-20-21-30-22-23-31(37(47)41-34(27-15-11-9-12-16-27)28-17-13-10-14-18-28)43(30)38(48)35(29)42-36(46)26(7-2)24-33(45)49-39(3,4)5/h1,9-18,26,29-31,34-35H,7-8,19-25H2,2-5H3,(H,40,44)(H,41,47)(H,42,46)/t26-,29-,30+,31+,35+/m1/s1. The number of terminal acetylenes is 1. The Balaban J connectivity index is 1.58. The Labute approximate surface area is 290 Å². The summed E-state index contributed by atoms with van der Waals surface area (Å²) >= 11 is 0. The van der Waals surface area contributed by atoms with Gasteiger partial charge in [-0.15, -0.1) is 12.3 Å². The van der Waals surface area contributed by atoms with Gasteiger partial charge in [0.15, 0.2) is 0 Å². The molecule has 2 aromatic carbocycles. The molecule has 5 atom stereocenters. The van der Waals surface area contributed by atoms with Gasteiger partial charge >= 0.3 is 5.97 Å². The summed E-state index contributed by atoms with van der Waals surface area (Å²) in [7, 11) is 0. The predicted octanol–water partition coefficient (Wildman–Crippen LogP) is 4.43. The third-order valence-corrected chi connectivity index (χ3v) is 9.27. The van der Waals surface area contributed by atoms with Gasteiger partial charge in [-0.25, -0.2) is 0 Å². The normalized spacial score (nSPS) is 21.1. The van der Waals surface area contributed by atoms with Crippen LogP contribution in [-0.2, 0) is 28.7 Å². The molecule has 0 aromatic heterocycles. The quantitative estimate of drug-likeness (QED) is 0.213. The van der Waals surface area contributed by atoms with Crippen LogP contribution in [-0.4, -0.2) is 64.8 Å². The number of fused-ring (bicyclic) bond motifs is 1. The Morgan fingerprint density at radius 3 is 2.14 bits per heavy atom. The van der Waals surface area contributed by atoms with E-state index in [4.69, 9.17) is 11.2 Å². The lowest BCUT2D eigenvalue weighted by atomic mass is 9.91. The molecule has 0 spiro atoms. The topological polar surface area (TPSA) is 134 Å². The fourth-order valence-electron chi connectivity index (χ4n) is 6.78. The van der Waals surface area contributed by atoms with Crippen LogP contribution < -0.4 is 16.0 Å². The molecule has 2 heterocycles. The largest absolute Gasteiger partial charge is 0.460 e. The second-order valence-corrected chi connectivity index (χ2v) is 14.0. The van der Waals surface area contributed by atoms with E-state index in [1.807, 2.05) is 60.7 Å². The first-order valence-corrected chi connectivity index (χ1v) is 17.4. The number of hydrogen-bond donors (Lipinski definition) is 3. The zero-order valence-electron chi connectivity index (χ0n) is 29.1. The molecule has 49 heavy (non-hydrogen) atoms. The summed E-state index contributed by atoms with van der Waals surface area (Å²) in [5.41, 5.74) is 1.13. The van der Waals surface area contributed by atoms with E-state index in [0.717, 1.165) is 11.1 Å². The third kappa shape index (κ3) is 10.2. The first kappa shape index (κ1) is 37.2. The first-order chi connectivity index (χ1) is 23.4.